The van der Waals surface area contributed by atoms with E-state index in [0.29, 0.717) is 0 Å². The molecule has 0 aromatic heterocycles. The van der Waals surface area contributed by atoms with Crippen molar-refractivity contribution in [3.05, 3.63) is 35.4 Å². The minimum absolute atomic E-state index is 1.03. The number of piperazine rings is 1. The highest BCUT2D eigenvalue weighted by molar-refractivity contribution is 5.27. The second kappa shape index (κ2) is 7.39. The predicted molar refractivity (Wildman–Crippen MR) is 88.5 cm³/mol. The summed E-state index contributed by atoms with van der Waals surface area (Å²) < 4.78 is 0. The fourth-order valence-corrected chi connectivity index (χ4v) is 3.25. The zero-order valence-electron chi connectivity index (χ0n) is 13.4. The fourth-order valence-electron chi connectivity index (χ4n) is 3.25. The molecule has 2 aliphatic rings. The summed E-state index contributed by atoms with van der Waals surface area (Å²) in [4.78, 5) is 5.29. The maximum Gasteiger partial charge on any atom is 0.0237 e. The van der Waals surface area contributed by atoms with Crippen molar-refractivity contribution in [2.45, 2.75) is 25.8 Å². The largest absolute Gasteiger partial charge is 0.319 e. The highest BCUT2D eigenvalue weighted by Crippen LogP contribution is 2.30. The van der Waals surface area contributed by atoms with Gasteiger partial charge in [-0.3, -0.25) is 4.90 Å². The average Bonchev–Trinajstić information content (AvgIpc) is 3.32. The molecule has 3 rings (SSSR count). The van der Waals surface area contributed by atoms with E-state index in [4.69, 9.17) is 0 Å². The first-order valence-corrected chi connectivity index (χ1v) is 8.51. The quantitative estimate of drug-likeness (QED) is 0.827. The molecule has 1 N–H and O–H groups in total. The van der Waals surface area contributed by atoms with Crippen molar-refractivity contribution in [3.63, 3.8) is 0 Å². The lowest BCUT2D eigenvalue weighted by Crippen LogP contribution is -2.46. The highest BCUT2D eigenvalue weighted by atomic mass is 15.3. The molecule has 0 bridgehead atoms. The zero-order valence-corrected chi connectivity index (χ0v) is 13.4. The van der Waals surface area contributed by atoms with Gasteiger partial charge in [-0.25, -0.2) is 0 Å². The van der Waals surface area contributed by atoms with Crippen LogP contribution in [0.25, 0.3) is 0 Å². The van der Waals surface area contributed by atoms with E-state index in [2.05, 4.69) is 39.4 Å². The first-order chi connectivity index (χ1) is 10.3. The third-order valence-electron chi connectivity index (χ3n) is 4.83. The molecule has 1 aliphatic carbocycles. The van der Waals surface area contributed by atoms with Crippen molar-refractivity contribution >= 4 is 0 Å². The van der Waals surface area contributed by atoms with Crippen LogP contribution in [-0.2, 0) is 13.0 Å². The van der Waals surface area contributed by atoms with Crippen LogP contribution in [0.4, 0.5) is 0 Å². The summed E-state index contributed by atoms with van der Waals surface area (Å²) in [7, 11) is 2.03. The summed E-state index contributed by atoms with van der Waals surface area (Å²) in [6.45, 7) is 8.51. The number of hydrogen-bond acceptors (Lipinski definition) is 3. The van der Waals surface area contributed by atoms with Gasteiger partial charge in [-0.1, -0.05) is 24.3 Å². The summed E-state index contributed by atoms with van der Waals surface area (Å²) in [5, 5.41) is 3.26. The topological polar surface area (TPSA) is 18.5 Å². The smallest absolute Gasteiger partial charge is 0.0237 e. The molecule has 1 aromatic carbocycles. The van der Waals surface area contributed by atoms with Crippen LogP contribution in [-0.4, -0.2) is 56.1 Å². The Morgan fingerprint density at radius 2 is 1.67 bits per heavy atom. The summed E-state index contributed by atoms with van der Waals surface area (Å²) in [5.41, 5.74) is 3.02. The van der Waals surface area contributed by atoms with E-state index in [9.17, 15) is 0 Å². The summed E-state index contributed by atoms with van der Waals surface area (Å²) in [6, 6.07) is 8.95. The van der Waals surface area contributed by atoms with Crippen LogP contribution < -0.4 is 5.32 Å². The molecule has 2 fully saturated rings. The number of nitrogens with one attached hydrogen (secondary N) is 1. The van der Waals surface area contributed by atoms with E-state index < -0.39 is 0 Å². The molecule has 1 aliphatic heterocycles. The van der Waals surface area contributed by atoms with Crippen molar-refractivity contribution < 1.29 is 0 Å². The second-order valence-electron chi connectivity index (χ2n) is 6.64. The SMILES string of the molecule is CNCCc1ccccc1CN1CCN(CC2CC2)CC1. The monoisotopic (exact) mass is 287 g/mol. The fraction of sp³-hybridized carbons (Fsp3) is 0.667. The van der Waals surface area contributed by atoms with Gasteiger partial charge in [-0.2, -0.15) is 0 Å². The molecule has 1 heterocycles. The van der Waals surface area contributed by atoms with Crippen molar-refractivity contribution in [2.24, 2.45) is 5.92 Å². The van der Waals surface area contributed by atoms with Crippen LogP contribution in [0.2, 0.25) is 0 Å². The third kappa shape index (κ3) is 4.53. The Balaban J connectivity index is 1.50. The lowest BCUT2D eigenvalue weighted by molar-refractivity contribution is 0.123. The molecule has 0 atom stereocenters. The Morgan fingerprint density at radius 1 is 1.00 bits per heavy atom. The number of hydrogen-bond donors (Lipinski definition) is 1. The highest BCUT2D eigenvalue weighted by Gasteiger charge is 2.26. The lowest BCUT2D eigenvalue weighted by atomic mass is 10.0. The number of benzene rings is 1. The minimum atomic E-state index is 1.03. The third-order valence-corrected chi connectivity index (χ3v) is 4.83. The van der Waals surface area contributed by atoms with Crippen LogP contribution in [0.3, 0.4) is 0 Å². The van der Waals surface area contributed by atoms with Gasteiger partial charge in [0.15, 0.2) is 0 Å². The van der Waals surface area contributed by atoms with Crippen LogP contribution in [0, 0.1) is 5.92 Å². The molecule has 3 nitrogen and oxygen atoms in total. The standard InChI is InChI=1S/C18H29N3/c1-19-9-8-17-4-2-3-5-18(17)15-21-12-10-20(11-13-21)14-16-6-7-16/h2-5,16,19H,6-15H2,1H3. The molecule has 0 radical (unpaired) electrons. The molecular weight excluding hydrogens is 258 g/mol. The molecule has 1 saturated heterocycles. The Labute approximate surface area is 129 Å². The van der Waals surface area contributed by atoms with Gasteiger partial charge >= 0.3 is 0 Å². The Morgan fingerprint density at radius 3 is 2.33 bits per heavy atom. The molecule has 3 heteroatoms. The maximum atomic E-state index is 3.26. The summed E-state index contributed by atoms with van der Waals surface area (Å²) in [5.74, 6) is 1.03. The van der Waals surface area contributed by atoms with Crippen molar-refractivity contribution in [1.82, 2.24) is 15.1 Å². The first kappa shape index (κ1) is 15.0. The van der Waals surface area contributed by atoms with Crippen LogP contribution >= 0.6 is 0 Å². The van der Waals surface area contributed by atoms with Gasteiger partial charge in [0.05, 0.1) is 0 Å². The van der Waals surface area contributed by atoms with E-state index in [-0.39, 0.29) is 0 Å². The zero-order chi connectivity index (χ0) is 14.5. The Kier molecular flexibility index (Phi) is 5.28. The van der Waals surface area contributed by atoms with Gasteiger partial charge in [-0.05, 0) is 49.9 Å². The van der Waals surface area contributed by atoms with Gasteiger partial charge in [0.1, 0.15) is 0 Å². The molecule has 1 saturated carbocycles. The van der Waals surface area contributed by atoms with Gasteiger partial charge < -0.3 is 10.2 Å². The van der Waals surface area contributed by atoms with Gasteiger partial charge in [0.25, 0.3) is 0 Å². The van der Waals surface area contributed by atoms with Crippen LogP contribution in [0.1, 0.15) is 24.0 Å². The minimum Gasteiger partial charge on any atom is -0.319 e. The molecule has 0 spiro atoms. The summed E-state index contributed by atoms with van der Waals surface area (Å²) in [6.07, 6.45) is 4.08. The van der Waals surface area contributed by atoms with Gasteiger partial charge in [0, 0.05) is 39.3 Å². The Hall–Kier alpha value is -0.900. The van der Waals surface area contributed by atoms with E-state index in [1.807, 2.05) is 7.05 Å². The van der Waals surface area contributed by atoms with Crippen molar-refractivity contribution in [2.75, 3.05) is 46.3 Å². The Bertz CT molecular complexity index is 434. The van der Waals surface area contributed by atoms with Crippen molar-refractivity contribution in [3.8, 4) is 0 Å². The molecule has 0 unspecified atom stereocenters. The molecule has 116 valence electrons. The summed E-state index contributed by atoms with van der Waals surface area (Å²) >= 11 is 0. The maximum absolute atomic E-state index is 3.26. The number of rotatable bonds is 7. The lowest BCUT2D eigenvalue weighted by Gasteiger charge is -2.35. The molecular formula is C18H29N3. The molecule has 1 aromatic rings. The van der Waals surface area contributed by atoms with Gasteiger partial charge in [0.2, 0.25) is 0 Å². The molecule has 21 heavy (non-hydrogen) atoms. The number of nitrogens with zero attached hydrogens (tertiary/aromatic N) is 2. The first-order valence-electron chi connectivity index (χ1n) is 8.51. The van der Waals surface area contributed by atoms with Crippen LogP contribution in [0.15, 0.2) is 24.3 Å². The number of likely N-dealkylation sites (N-methyl/N-ethyl adjacent to an activating group) is 1. The second-order valence-corrected chi connectivity index (χ2v) is 6.64. The van der Waals surface area contributed by atoms with Crippen molar-refractivity contribution in [1.29, 1.82) is 0 Å². The van der Waals surface area contributed by atoms with E-state index >= 15 is 0 Å². The molecule has 0 amide bonds. The average molecular weight is 287 g/mol. The predicted octanol–water partition coefficient (Wildman–Crippen LogP) is 1.98. The van der Waals surface area contributed by atoms with E-state index in [1.54, 1.807) is 0 Å². The normalized spacial score (nSPS) is 20.8. The van der Waals surface area contributed by atoms with Gasteiger partial charge in [-0.15, -0.1) is 0 Å². The van der Waals surface area contributed by atoms with E-state index in [1.165, 1.54) is 56.7 Å². The van der Waals surface area contributed by atoms with E-state index in [0.717, 1.165) is 25.4 Å². The van der Waals surface area contributed by atoms with Crippen LogP contribution in [0.5, 0.6) is 0 Å².